The van der Waals surface area contributed by atoms with Crippen molar-refractivity contribution in [3.8, 4) is 16.9 Å². The highest BCUT2D eigenvalue weighted by Gasteiger charge is 2.12. The molecule has 0 aliphatic heterocycles. The Balaban J connectivity index is 1.46. The van der Waals surface area contributed by atoms with E-state index in [0.29, 0.717) is 5.56 Å². The monoisotopic (exact) mass is 563 g/mol. The zero-order valence-corrected chi connectivity index (χ0v) is 20.6. The first kappa shape index (κ1) is 23.4. The van der Waals surface area contributed by atoms with Gasteiger partial charge in [-0.1, -0.05) is 60.2 Å². The van der Waals surface area contributed by atoms with E-state index in [2.05, 4.69) is 38.4 Å². The number of carbonyl (C=O) groups excluding carboxylic acids is 2. The number of carbonyl (C=O) groups is 2. The molecule has 170 valence electrons. The summed E-state index contributed by atoms with van der Waals surface area (Å²) in [5, 5.41) is 11.4. The van der Waals surface area contributed by atoms with Crippen LogP contribution < -0.4 is 10.7 Å². The lowest BCUT2D eigenvalue weighted by atomic mass is 10.1. The van der Waals surface area contributed by atoms with Crippen LogP contribution in [0.1, 0.15) is 21.5 Å². The molecule has 1 heterocycles. The predicted molar refractivity (Wildman–Crippen MR) is 141 cm³/mol. The Bertz CT molecular complexity index is 1330. The molecule has 34 heavy (non-hydrogen) atoms. The molecule has 2 N–H and O–H groups in total. The van der Waals surface area contributed by atoms with E-state index in [9.17, 15) is 9.59 Å². The standard InChI is InChI=1S/C26H22IN5O2/c1-18-11-13-19(14-12-18)25-20(17-32(31-25)21-7-3-2-4-8-21)15-29-30-24(33)16-28-26(34)22-9-5-6-10-23(22)27/h2-15,17H,16H2,1H3,(H,28,34)(H,30,33)/b29-15-. The zero-order valence-electron chi connectivity index (χ0n) is 18.4. The average molecular weight is 563 g/mol. The summed E-state index contributed by atoms with van der Waals surface area (Å²) in [6.07, 6.45) is 3.42. The quantitative estimate of drug-likeness (QED) is 0.199. The number of hydrazone groups is 1. The van der Waals surface area contributed by atoms with E-state index in [1.165, 1.54) is 0 Å². The second kappa shape index (κ2) is 10.9. The number of para-hydroxylation sites is 1. The van der Waals surface area contributed by atoms with Crippen LogP contribution in [0, 0.1) is 10.5 Å². The van der Waals surface area contributed by atoms with E-state index in [0.717, 1.165) is 31.6 Å². The van der Waals surface area contributed by atoms with Gasteiger partial charge in [0.2, 0.25) is 0 Å². The van der Waals surface area contributed by atoms with Crippen molar-refractivity contribution in [1.29, 1.82) is 0 Å². The van der Waals surface area contributed by atoms with E-state index in [1.54, 1.807) is 23.0 Å². The number of benzene rings is 3. The molecule has 0 bridgehead atoms. The molecular weight excluding hydrogens is 541 g/mol. The number of nitrogens with zero attached hydrogens (tertiary/aromatic N) is 3. The molecule has 0 aliphatic carbocycles. The summed E-state index contributed by atoms with van der Waals surface area (Å²) in [7, 11) is 0. The minimum absolute atomic E-state index is 0.185. The highest BCUT2D eigenvalue weighted by Crippen LogP contribution is 2.23. The summed E-state index contributed by atoms with van der Waals surface area (Å²) in [5.74, 6) is -0.738. The maximum atomic E-state index is 12.3. The molecule has 0 unspecified atom stereocenters. The van der Waals surface area contributed by atoms with Crippen LogP contribution in [0.2, 0.25) is 0 Å². The van der Waals surface area contributed by atoms with Crippen LogP contribution in [0.5, 0.6) is 0 Å². The lowest BCUT2D eigenvalue weighted by Gasteiger charge is -2.05. The molecule has 8 heteroatoms. The maximum absolute atomic E-state index is 12.3. The van der Waals surface area contributed by atoms with Crippen molar-refractivity contribution in [3.63, 3.8) is 0 Å². The molecule has 4 aromatic rings. The fraction of sp³-hybridized carbons (Fsp3) is 0.0769. The van der Waals surface area contributed by atoms with Crippen LogP contribution in [-0.4, -0.2) is 34.4 Å². The Labute approximate surface area is 211 Å². The topological polar surface area (TPSA) is 88.4 Å². The molecule has 0 radical (unpaired) electrons. The highest BCUT2D eigenvalue weighted by molar-refractivity contribution is 14.1. The van der Waals surface area contributed by atoms with Crippen molar-refractivity contribution in [1.82, 2.24) is 20.5 Å². The first-order chi connectivity index (χ1) is 16.5. The van der Waals surface area contributed by atoms with Crippen LogP contribution in [0.4, 0.5) is 0 Å². The van der Waals surface area contributed by atoms with Crippen molar-refractivity contribution in [3.05, 3.63) is 105 Å². The van der Waals surface area contributed by atoms with Gasteiger partial charge in [-0.25, -0.2) is 10.1 Å². The third kappa shape index (κ3) is 5.76. The summed E-state index contributed by atoms with van der Waals surface area (Å²) in [4.78, 5) is 24.5. The van der Waals surface area contributed by atoms with Gasteiger partial charge in [0.1, 0.15) is 5.69 Å². The largest absolute Gasteiger partial charge is 0.343 e. The summed E-state index contributed by atoms with van der Waals surface area (Å²) in [6.45, 7) is 1.84. The van der Waals surface area contributed by atoms with Gasteiger partial charge in [-0.2, -0.15) is 10.2 Å². The molecule has 1 aromatic heterocycles. The predicted octanol–water partition coefficient (Wildman–Crippen LogP) is 4.33. The second-order valence-corrected chi connectivity index (χ2v) is 8.70. The third-order valence-corrected chi connectivity index (χ3v) is 5.95. The molecule has 0 aliphatic rings. The van der Waals surface area contributed by atoms with Crippen LogP contribution >= 0.6 is 22.6 Å². The fourth-order valence-corrected chi connectivity index (χ4v) is 3.88. The molecular formula is C26H22IN5O2. The molecule has 0 atom stereocenters. The van der Waals surface area contributed by atoms with Crippen molar-refractivity contribution in [2.45, 2.75) is 6.92 Å². The van der Waals surface area contributed by atoms with E-state index in [1.807, 2.05) is 79.9 Å². The Kier molecular flexibility index (Phi) is 7.48. The number of amides is 2. The first-order valence-electron chi connectivity index (χ1n) is 10.6. The molecule has 4 rings (SSSR count). The summed E-state index contributed by atoms with van der Waals surface area (Å²) in [6, 6.07) is 25.0. The number of hydrogen-bond acceptors (Lipinski definition) is 4. The van der Waals surface area contributed by atoms with E-state index >= 15 is 0 Å². The van der Waals surface area contributed by atoms with Gasteiger partial charge in [-0.05, 0) is 53.8 Å². The van der Waals surface area contributed by atoms with Gasteiger partial charge >= 0.3 is 0 Å². The SMILES string of the molecule is Cc1ccc(-c2nn(-c3ccccc3)cc2/C=N\NC(=O)CNC(=O)c2ccccc2I)cc1. The first-order valence-corrected chi connectivity index (χ1v) is 11.7. The molecule has 0 saturated carbocycles. The number of halogens is 1. The smallest absolute Gasteiger partial charge is 0.259 e. The Hall–Kier alpha value is -3.79. The number of hydrogen-bond donors (Lipinski definition) is 2. The Morgan fingerprint density at radius 1 is 1.00 bits per heavy atom. The van der Waals surface area contributed by atoms with Gasteiger partial charge < -0.3 is 5.32 Å². The minimum atomic E-state index is -0.428. The fourth-order valence-electron chi connectivity index (χ4n) is 3.25. The summed E-state index contributed by atoms with van der Waals surface area (Å²) >= 11 is 2.08. The van der Waals surface area contributed by atoms with Gasteiger partial charge in [0, 0.05) is 20.9 Å². The van der Waals surface area contributed by atoms with Crippen molar-refractivity contribution in [2.24, 2.45) is 5.10 Å². The van der Waals surface area contributed by atoms with Crippen molar-refractivity contribution < 1.29 is 9.59 Å². The van der Waals surface area contributed by atoms with Gasteiger partial charge in [0.05, 0.1) is 24.0 Å². The maximum Gasteiger partial charge on any atom is 0.259 e. The second-order valence-electron chi connectivity index (χ2n) is 7.53. The molecule has 0 fully saturated rings. The average Bonchev–Trinajstić information content (AvgIpc) is 3.28. The minimum Gasteiger partial charge on any atom is -0.343 e. The normalized spacial score (nSPS) is 10.9. The third-order valence-electron chi connectivity index (χ3n) is 5.01. The zero-order chi connectivity index (χ0) is 23.9. The lowest BCUT2D eigenvalue weighted by molar-refractivity contribution is -0.120. The summed E-state index contributed by atoms with van der Waals surface area (Å²) in [5.41, 5.74) is 7.49. The number of aromatic nitrogens is 2. The molecule has 2 amide bonds. The molecule has 3 aromatic carbocycles. The van der Waals surface area contributed by atoms with Crippen LogP contribution in [0.15, 0.2) is 90.2 Å². The molecule has 0 spiro atoms. The summed E-state index contributed by atoms with van der Waals surface area (Å²) < 4.78 is 2.59. The lowest BCUT2D eigenvalue weighted by Crippen LogP contribution is -2.35. The van der Waals surface area contributed by atoms with Gasteiger partial charge in [-0.15, -0.1) is 0 Å². The van der Waals surface area contributed by atoms with Crippen LogP contribution in [-0.2, 0) is 4.79 Å². The number of nitrogens with one attached hydrogen (secondary N) is 2. The van der Waals surface area contributed by atoms with E-state index < -0.39 is 5.91 Å². The van der Waals surface area contributed by atoms with Gasteiger partial charge in [0.25, 0.3) is 11.8 Å². The van der Waals surface area contributed by atoms with Crippen LogP contribution in [0.3, 0.4) is 0 Å². The van der Waals surface area contributed by atoms with E-state index in [4.69, 9.17) is 5.10 Å². The van der Waals surface area contributed by atoms with Crippen molar-refractivity contribution in [2.75, 3.05) is 6.54 Å². The number of rotatable bonds is 7. The van der Waals surface area contributed by atoms with Gasteiger partial charge in [0.15, 0.2) is 0 Å². The number of aryl methyl sites for hydroxylation is 1. The van der Waals surface area contributed by atoms with Crippen LogP contribution in [0.25, 0.3) is 16.9 Å². The Morgan fingerprint density at radius 2 is 1.71 bits per heavy atom. The van der Waals surface area contributed by atoms with Gasteiger partial charge in [-0.3, -0.25) is 9.59 Å². The van der Waals surface area contributed by atoms with Crippen molar-refractivity contribution >= 4 is 40.6 Å². The Morgan fingerprint density at radius 3 is 2.44 bits per heavy atom. The molecule has 0 saturated heterocycles. The highest BCUT2D eigenvalue weighted by atomic mass is 127. The van der Waals surface area contributed by atoms with E-state index in [-0.39, 0.29) is 12.5 Å². The molecule has 7 nitrogen and oxygen atoms in total.